The minimum atomic E-state index is -4.34. The van der Waals surface area contributed by atoms with E-state index >= 15 is 0 Å². The van der Waals surface area contributed by atoms with Crippen LogP contribution in [0.4, 0.5) is 18.9 Å². The van der Waals surface area contributed by atoms with Gasteiger partial charge in [0.05, 0.1) is 6.04 Å². The second-order valence-corrected chi connectivity index (χ2v) is 8.32. The third-order valence-electron chi connectivity index (χ3n) is 3.53. The number of para-hydroxylation sites is 1. The lowest BCUT2D eigenvalue weighted by molar-refractivity contribution is -0.153. The van der Waals surface area contributed by atoms with Gasteiger partial charge >= 0.3 is 6.18 Å². The molecule has 1 aromatic heterocycles. The minimum Gasteiger partial charge on any atom is -0.279 e. The molecule has 0 saturated carbocycles. The van der Waals surface area contributed by atoms with Crippen LogP contribution in [0.5, 0.6) is 0 Å². The number of nitrogens with one attached hydrogen (secondary N) is 3. The molecule has 0 amide bonds. The summed E-state index contributed by atoms with van der Waals surface area (Å²) >= 11 is 0.949. The summed E-state index contributed by atoms with van der Waals surface area (Å²) in [6.07, 6.45) is -4.53. The molecule has 2 heterocycles. The van der Waals surface area contributed by atoms with Crippen molar-refractivity contribution in [3.63, 3.8) is 0 Å². The molecule has 0 aliphatic carbocycles. The molecule has 1 aliphatic heterocycles. The number of sulfonamides is 1. The van der Waals surface area contributed by atoms with E-state index in [2.05, 4.69) is 15.6 Å². The zero-order chi connectivity index (χ0) is 17.4. The minimum absolute atomic E-state index is 0.0543. The second kappa shape index (κ2) is 6.36. The highest BCUT2D eigenvalue weighted by molar-refractivity contribution is 7.94. The monoisotopic (exact) mass is 377 g/mol. The number of halogens is 3. The van der Waals surface area contributed by atoms with Crippen LogP contribution in [0.25, 0.3) is 0 Å². The Kier molecular flexibility index (Phi) is 4.56. The van der Waals surface area contributed by atoms with Gasteiger partial charge in [0.15, 0.2) is 0 Å². The highest BCUT2D eigenvalue weighted by Crippen LogP contribution is 2.35. The largest absolute Gasteiger partial charge is 0.405 e. The van der Waals surface area contributed by atoms with Crippen LogP contribution in [0.3, 0.4) is 0 Å². The normalized spacial score (nSPS) is 21.8. The smallest absolute Gasteiger partial charge is 0.279 e. The van der Waals surface area contributed by atoms with Crippen LogP contribution in [0, 0.1) is 0 Å². The Labute approximate surface area is 140 Å². The molecule has 1 saturated heterocycles. The molecule has 0 bridgehead atoms. The van der Waals surface area contributed by atoms with Crippen molar-refractivity contribution in [3.8, 4) is 0 Å². The van der Waals surface area contributed by atoms with Crippen molar-refractivity contribution in [1.82, 2.24) is 10.9 Å². The van der Waals surface area contributed by atoms with Crippen LogP contribution in [-0.4, -0.2) is 20.6 Å². The molecular formula is C14H14F3N3O2S2. The topological polar surface area (TPSA) is 70.2 Å². The first-order valence-electron chi connectivity index (χ1n) is 7.01. The number of hydrogen-bond donors (Lipinski definition) is 3. The average molecular weight is 377 g/mol. The van der Waals surface area contributed by atoms with E-state index in [0.29, 0.717) is 10.6 Å². The van der Waals surface area contributed by atoms with Gasteiger partial charge in [-0.3, -0.25) is 4.72 Å². The highest BCUT2D eigenvalue weighted by Gasteiger charge is 2.44. The first-order valence-corrected chi connectivity index (χ1v) is 9.31. The lowest BCUT2D eigenvalue weighted by Gasteiger charge is -2.12. The lowest BCUT2D eigenvalue weighted by atomic mass is 10.1. The maximum atomic E-state index is 12.7. The van der Waals surface area contributed by atoms with Crippen molar-refractivity contribution < 1.29 is 21.6 Å². The van der Waals surface area contributed by atoms with Gasteiger partial charge in [-0.1, -0.05) is 18.2 Å². The lowest BCUT2D eigenvalue weighted by Crippen LogP contribution is -2.40. The number of benzene rings is 1. The Balaban J connectivity index is 1.74. The highest BCUT2D eigenvalue weighted by atomic mass is 32.2. The fourth-order valence-corrected chi connectivity index (χ4v) is 4.78. The third kappa shape index (κ3) is 3.72. The number of thiophene rings is 1. The molecule has 2 unspecified atom stereocenters. The summed E-state index contributed by atoms with van der Waals surface area (Å²) < 4.78 is 65.2. The summed E-state index contributed by atoms with van der Waals surface area (Å²) in [7, 11) is -3.77. The Hall–Kier alpha value is -1.62. The third-order valence-corrected chi connectivity index (χ3v) is 6.61. The van der Waals surface area contributed by atoms with Gasteiger partial charge in [-0.25, -0.2) is 19.3 Å². The van der Waals surface area contributed by atoms with Crippen molar-refractivity contribution >= 4 is 27.0 Å². The summed E-state index contributed by atoms with van der Waals surface area (Å²) in [5.41, 5.74) is 5.19. The molecule has 1 aliphatic rings. The second-order valence-electron chi connectivity index (χ2n) is 5.30. The van der Waals surface area contributed by atoms with Crippen molar-refractivity contribution in [2.75, 3.05) is 4.72 Å². The van der Waals surface area contributed by atoms with Gasteiger partial charge in [0.25, 0.3) is 10.0 Å². The average Bonchev–Trinajstić information content (AvgIpc) is 3.17. The zero-order valence-electron chi connectivity index (χ0n) is 12.2. The van der Waals surface area contributed by atoms with E-state index in [4.69, 9.17) is 0 Å². The van der Waals surface area contributed by atoms with Gasteiger partial charge in [-0.15, -0.1) is 11.3 Å². The summed E-state index contributed by atoms with van der Waals surface area (Å²) in [5, 5.41) is 0. The van der Waals surface area contributed by atoms with Gasteiger partial charge < -0.3 is 0 Å². The number of rotatable bonds is 4. The van der Waals surface area contributed by atoms with Crippen molar-refractivity contribution in [1.29, 1.82) is 0 Å². The van der Waals surface area contributed by atoms with Crippen LogP contribution in [0.1, 0.15) is 17.3 Å². The molecular weight excluding hydrogens is 363 g/mol. The number of alkyl halides is 3. The van der Waals surface area contributed by atoms with E-state index in [0.717, 1.165) is 11.3 Å². The van der Waals surface area contributed by atoms with E-state index in [1.165, 1.54) is 12.1 Å². The van der Waals surface area contributed by atoms with Crippen molar-refractivity contribution in [3.05, 3.63) is 47.3 Å². The maximum absolute atomic E-state index is 12.7. The molecule has 5 nitrogen and oxygen atoms in total. The van der Waals surface area contributed by atoms with E-state index in [-0.39, 0.29) is 10.6 Å². The molecule has 0 radical (unpaired) electrons. The van der Waals surface area contributed by atoms with Crippen molar-refractivity contribution in [2.24, 2.45) is 0 Å². The van der Waals surface area contributed by atoms with Crippen LogP contribution >= 0.6 is 11.3 Å². The molecule has 10 heteroatoms. The molecule has 3 rings (SSSR count). The summed E-state index contributed by atoms with van der Waals surface area (Å²) in [6, 6.07) is 9.08. The van der Waals surface area contributed by atoms with E-state index in [1.54, 1.807) is 30.3 Å². The molecule has 1 aromatic carbocycles. The molecule has 2 atom stereocenters. The van der Waals surface area contributed by atoms with Crippen LogP contribution in [0.15, 0.2) is 46.7 Å². The zero-order valence-corrected chi connectivity index (χ0v) is 13.8. The molecule has 24 heavy (non-hydrogen) atoms. The Morgan fingerprint density at radius 3 is 2.42 bits per heavy atom. The van der Waals surface area contributed by atoms with Crippen molar-refractivity contribution in [2.45, 2.75) is 28.9 Å². The van der Waals surface area contributed by atoms with Gasteiger partial charge in [-0.2, -0.15) is 13.2 Å². The molecule has 1 fully saturated rings. The number of hydrazine groups is 1. The van der Waals surface area contributed by atoms with E-state index < -0.39 is 28.3 Å². The fourth-order valence-electron chi connectivity index (χ4n) is 2.34. The standard InChI is InChI=1S/C14H14F3N3O2S2/c15-14(16,17)12-8-10(18-19-12)11-6-7-13(23-11)24(21,22)20-9-4-2-1-3-5-9/h1-7,10,12,18-20H,8H2. The molecule has 0 spiro atoms. The van der Waals surface area contributed by atoms with E-state index in [1.807, 2.05) is 0 Å². The predicted molar refractivity (Wildman–Crippen MR) is 85.0 cm³/mol. The Morgan fingerprint density at radius 2 is 1.79 bits per heavy atom. The first kappa shape index (κ1) is 17.2. The van der Waals surface area contributed by atoms with Crippen LogP contribution in [0.2, 0.25) is 0 Å². The van der Waals surface area contributed by atoms with Gasteiger partial charge in [0, 0.05) is 10.6 Å². The summed E-state index contributed by atoms with van der Waals surface area (Å²) in [6.45, 7) is 0. The Morgan fingerprint density at radius 1 is 1.08 bits per heavy atom. The van der Waals surface area contributed by atoms with Crippen LogP contribution in [-0.2, 0) is 10.0 Å². The van der Waals surface area contributed by atoms with Gasteiger partial charge in [0.2, 0.25) is 0 Å². The van der Waals surface area contributed by atoms with Gasteiger partial charge in [-0.05, 0) is 30.7 Å². The quantitative estimate of drug-likeness (QED) is 0.766. The predicted octanol–water partition coefficient (Wildman–Crippen LogP) is 3.02. The number of hydrogen-bond acceptors (Lipinski definition) is 5. The van der Waals surface area contributed by atoms with E-state index in [9.17, 15) is 21.6 Å². The summed E-state index contributed by atoms with van der Waals surface area (Å²) in [5.74, 6) is 0. The van der Waals surface area contributed by atoms with Crippen LogP contribution < -0.4 is 15.6 Å². The molecule has 3 N–H and O–H groups in total. The van der Waals surface area contributed by atoms with Gasteiger partial charge in [0.1, 0.15) is 10.3 Å². The molecule has 130 valence electrons. The SMILES string of the molecule is O=S(=O)(Nc1ccccc1)c1ccc(C2CC(C(F)(F)F)NN2)s1. The number of anilines is 1. The fraction of sp³-hybridized carbons (Fsp3) is 0.286. The maximum Gasteiger partial charge on any atom is 0.405 e. The summed E-state index contributed by atoms with van der Waals surface area (Å²) in [4.78, 5) is 0.530. The molecule has 2 aromatic rings. The first-order chi connectivity index (χ1) is 11.3. The Bertz CT molecular complexity index is 806.